The number of pyridine rings is 1. The Hall–Kier alpha value is -2.23. The summed E-state index contributed by atoms with van der Waals surface area (Å²) in [7, 11) is 5.60. The second kappa shape index (κ2) is 13.0. The molecule has 0 fully saturated rings. The number of hydrogen-bond acceptors (Lipinski definition) is 5. The molecule has 0 bridgehead atoms. The Morgan fingerprint density at radius 3 is 2.46 bits per heavy atom. The van der Waals surface area contributed by atoms with E-state index in [0.717, 1.165) is 35.4 Å². The number of anilines is 1. The van der Waals surface area contributed by atoms with Crippen LogP contribution in [-0.4, -0.2) is 51.8 Å². The molecule has 7 nitrogen and oxygen atoms in total. The second-order valence-electron chi connectivity index (χ2n) is 6.06. The SMILES string of the molecule is CCNC(=NCc1ccnc(N(C)C)c1)NCCOc1ccc(OC)cc1.I. The third-order valence-electron chi connectivity index (χ3n) is 3.75. The van der Waals surface area contributed by atoms with Gasteiger partial charge in [-0.1, -0.05) is 0 Å². The topological polar surface area (TPSA) is 71.0 Å². The second-order valence-corrected chi connectivity index (χ2v) is 6.06. The molecule has 2 aromatic rings. The van der Waals surface area contributed by atoms with Gasteiger partial charge in [-0.3, -0.25) is 0 Å². The quantitative estimate of drug-likeness (QED) is 0.239. The summed E-state index contributed by atoms with van der Waals surface area (Å²) in [4.78, 5) is 10.9. The van der Waals surface area contributed by atoms with E-state index in [0.29, 0.717) is 19.7 Å². The number of guanidine groups is 1. The summed E-state index contributed by atoms with van der Waals surface area (Å²) in [6.45, 7) is 4.61. The summed E-state index contributed by atoms with van der Waals surface area (Å²) < 4.78 is 10.9. The fourth-order valence-electron chi connectivity index (χ4n) is 2.33. The number of hydrogen-bond donors (Lipinski definition) is 2. The van der Waals surface area contributed by atoms with Gasteiger partial charge in [0.05, 0.1) is 20.2 Å². The van der Waals surface area contributed by atoms with Crippen LogP contribution in [0.25, 0.3) is 0 Å². The number of nitrogens with one attached hydrogen (secondary N) is 2. The largest absolute Gasteiger partial charge is 0.497 e. The normalized spacial score (nSPS) is 10.6. The molecule has 0 aliphatic heterocycles. The monoisotopic (exact) mass is 499 g/mol. The summed E-state index contributed by atoms with van der Waals surface area (Å²) >= 11 is 0. The van der Waals surface area contributed by atoms with Crippen LogP contribution in [0.15, 0.2) is 47.6 Å². The van der Waals surface area contributed by atoms with Gasteiger partial charge in [0.1, 0.15) is 23.9 Å². The van der Waals surface area contributed by atoms with E-state index in [-0.39, 0.29) is 24.0 Å². The first-order valence-corrected chi connectivity index (χ1v) is 9.03. The number of aromatic nitrogens is 1. The minimum Gasteiger partial charge on any atom is -0.497 e. The van der Waals surface area contributed by atoms with Gasteiger partial charge in [-0.05, 0) is 48.9 Å². The zero-order chi connectivity index (χ0) is 19.5. The number of aliphatic imine (C=N–C) groups is 1. The third-order valence-corrected chi connectivity index (χ3v) is 3.75. The number of benzene rings is 1. The van der Waals surface area contributed by atoms with E-state index in [2.05, 4.69) is 20.6 Å². The number of halogens is 1. The van der Waals surface area contributed by atoms with Crippen molar-refractivity contribution < 1.29 is 9.47 Å². The van der Waals surface area contributed by atoms with Crippen molar-refractivity contribution in [3.8, 4) is 11.5 Å². The van der Waals surface area contributed by atoms with Gasteiger partial charge in [-0.25, -0.2) is 9.98 Å². The summed E-state index contributed by atoms with van der Waals surface area (Å²) in [5, 5.41) is 6.53. The van der Waals surface area contributed by atoms with Crippen LogP contribution in [0.2, 0.25) is 0 Å². The highest BCUT2D eigenvalue weighted by atomic mass is 127. The fourth-order valence-corrected chi connectivity index (χ4v) is 2.33. The Morgan fingerprint density at radius 1 is 1.11 bits per heavy atom. The predicted octanol–water partition coefficient (Wildman–Crippen LogP) is 2.91. The maximum atomic E-state index is 5.72. The average Bonchev–Trinajstić information content (AvgIpc) is 2.70. The molecule has 0 aliphatic rings. The van der Waals surface area contributed by atoms with Gasteiger partial charge in [-0.15, -0.1) is 24.0 Å². The highest BCUT2D eigenvalue weighted by molar-refractivity contribution is 14.0. The van der Waals surface area contributed by atoms with Crippen molar-refractivity contribution in [3.05, 3.63) is 48.2 Å². The van der Waals surface area contributed by atoms with E-state index in [1.54, 1.807) is 7.11 Å². The molecule has 0 unspecified atom stereocenters. The van der Waals surface area contributed by atoms with Crippen LogP contribution in [0.5, 0.6) is 11.5 Å². The highest BCUT2D eigenvalue weighted by Gasteiger charge is 2.01. The Morgan fingerprint density at radius 2 is 1.82 bits per heavy atom. The molecule has 28 heavy (non-hydrogen) atoms. The van der Waals surface area contributed by atoms with E-state index in [1.807, 2.05) is 68.5 Å². The highest BCUT2D eigenvalue weighted by Crippen LogP contribution is 2.16. The van der Waals surface area contributed by atoms with Crippen LogP contribution >= 0.6 is 24.0 Å². The molecule has 154 valence electrons. The smallest absolute Gasteiger partial charge is 0.191 e. The summed E-state index contributed by atoms with van der Waals surface area (Å²) in [6.07, 6.45) is 1.81. The first kappa shape index (κ1) is 23.8. The summed E-state index contributed by atoms with van der Waals surface area (Å²) in [5.74, 6) is 3.32. The zero-order valence-electron chi connectivity index (χ0n) is 16.9. The molecular formula is C20H30IN5O2. The molecular weight excluding hydrogens is 469 g/mol. The van der Waals surface area contributed by atoms with Gasteiger partial charge in [0.25, 0.3) is 0 Å². The molecule has 0 amide bonds. The Labute approximate surface area is 184 Å². The van der Waals surface area contributed by atoms with Crippen molar-refractivity contribution in [2.75, 3.05) is 45.8 Å². The van der Waals surface area contributed by atoms with E-state index >= 15 is 0 Å². The van der Waals surface area contributed by atoms with Crippen molar-refractivity contribution in [3.63, 3.8) is 0 Å². The molecule has 0 spiro atoms. The van der Waals surface area contributed by atoms with Crippen LogP contribution in [0.4, 0.5) is 5.82 Å². The van der Waals surface area contributed by atoms with Crippen molar-refractivity contribution in [2.24, 2.45) is 4.99 Å². The predicted molar refractivity (Wildman–Crippen MR) is 125 cm³/mol. The maximum Gasteiger partial charge on any atom is 0.191 e. The Kier molecular flexibility index (Phi) is 11.1. The number of nitrogens with zero attached hydrogens (tertiary/aromatic N) is 3. The molecule has 1 heterocycles. The molecule has 0 saturated carbocycles. The van der Waals surface area contributed by atoms with Crippen molar-refractivity contribution in [1.29, 1.82) is 0 Å². The molecule has 8 heteroatoms. The zero-order valence-corrected chi connectivity index (χ0v) is 19.3. The standard InChI is InChI=1S/C20H29N5O2.HI/c1-5-21-20(24-15-16-10-11-22-19(14-16)25(2)3)23-12-13-27-18-8-6-17(26-4)7-9-18;/h6-11,14H,5,12-13,15H2,1-4H3,(H2,21,23,24);1H. The van der Waals surface area contributed by atoms with Gasteiger partial charge in [-0.2, -0.15) is 0 Å². The van der Waals surface area contributed by atoms with Crippen LogP contribution in [0.3, 0.4) is 0 Å². The molecule has 0 aliphatic carbocycles. The lowest BCUT2D eigenvalue weighted by atomic mass is 10.2. The van der Waals surface area contributed by atoms with E-state index < -0.39 is 0 Å². The number of methoxy groups -OCH3 is 1. The molecule has 2 N–H and O–H groups in total. The molecule has 0 saturated heterocycles. The number of ether oxygens (including phenoxy) is 2. The first-order chi connectivity index (χ1) is 13.1. The van der Waals surface area contributed by atoms with E-state index in [9.17, 15) is 0 Å². The van der Waals surface area contributed by atoms with Gasteiger partial charge < -0.3 is 25.0 Å². The minimum absolute atomic E-state index is 0. The summed E-state index contributed by atoms with van der Waals surface area (Å²) in [6, 6.07) is 11.6. The van der Waals surface area contributed by atoms with E-state index in [1.165, 1.54) is 0 Å². The molecule has 0 radical (unpaired) electrons. The van der Waals surface area contributed by atoms with Crippen molar-refractivity contribution >= 4 is 35.8 Å². The lowest BCUT2D eigenvalue weighted by Gasteiger charge is -2.13. The van der Waals surface area contributed by atoms with Gasteiger partial charge >= 0.3 is 0 Å². The van der Waals surface area contributed by atoms with E-state index in [4.69, 9.17) is 9.47 Å². The van der Waals surface area contributed by atoms with Crippen LogP contribution in [-0.2, 0) is 6.54 Å². The minimum atomic E-state index is 0. The van der Waals surface area contributed by atoms with Crippen molar-refractivity contribution in [2.45, 2.75) is 13.5 Å². The van der Waals surface area contributed by atoms with Gasteiger partial charge in [0.2, 0.25) is 0 Å². The molecule has 0 atom stereocenters. The lowest BCUT2D eigenvalue weighted by molar-refractivity contribution is 0.321. The average molecular weight is 499 g/mol. The summed E-state index contributed by atoms with van der Waals surface area (Å²) in [5.41, 5.74) is 1.11. The molecule has 1 aromatic carbocycles. The van der Waals surface area contributed by atoms with Gasteiger partial charge in [0, 0.05) is 26.8 Å². The Balaban J connectivity index is 0.00000392. The van der Waals surface area contributed by atoms with Crippen LogP contribution in [0, 0.1) is 0 Å². The first-order valence-electron chi connectivity index (χ1n) is 9.03. The Bertz CT molecular complexity index is 723. The molecule has 1 aromatic heterocycles. The lowest BCUT2D eigenvalue weighted by Crippen LogP contribution is -2.39. The third kappa shape index (κ3) is 8.20. The van der Waals surface area contributed by atoms with Crippen molar-refractivity contribution in [1.82, 2.24) is 15.6 Å². The molecule has 2 rings (SSSR count). The fraction of sp³-hybridized carbons (Fsp3) is 0.400. The van der Waals surface area contributed by atoms with Gasteiger partial charge in [0.15, 0.2) is 5.96 Å². The number of rotatable bonds is 9. The van der Waals surface area contributed by atoms with Crippen LogP contribution in [0.1, 0.15) is 12.5 Å². The maximum absolute atomic E-state index is 5.72. The van der Waals surface area contributed by atoms with Crippen LogP contribution < -0.4 is 25.0 Å².